The van der Waals surface area contributed by atoms with Crippen molar-refractivity contribution in [2.24, 2.45) is 0 Å². The van der Waals surface area contributed by atoms with Crippen molar-refractivity contribution in [3.05, 3.63) is 101 Å². The number of carbonyl (C=O) groups excluding carboxylic acids is 2. The van der Waals surface area contributed by atoms with Gasteiger partial charge in [-0.15, -0.1) is 0 Å². The lowest BCUT2D eigenvalue weighted by Crippen LogP contribution is -2.40. The Bertz CT molecular complexity index is 1130. The highest BCUT2D eigenvalue weighted by Gasteiger charge is 2.33. The van der Waals surface area contributed by atoms with Gasteiger partial charge in [0.15, 0.2) is 6.61 Å². The van der Waals surface area contributed by atoms with Crippen LogP contribution in [0.2, 0.25) is 0 Å². The van der Waals surface area contributed by atoms with Gasteiger partial charge in [-0.1, -0.05) is 61.0 Å². The predicted molar refractivity (Wildman–Crippen MR) is 129 cm³/mol. The van der Waals surface area contributed by atoms with Crippen molar-refractivity contribution in [1.29, 1.82) is 0 Å². The van der Waals surface area contributed by atoms with Crippen LogP contribution >= 0.6 is 0 Å². The molecule has 0 bridgehead atoms. The van der Waals surface area contributed by atoms with E-state index in [0.717, 1.165) is 29.5 Å². The Labute approximate surface area is 195 Å². The Kier molecular flexibility index (Phi) is 7.08. The molecule has 3 aromatic rings. The summed E-state index contributed by atoms with van der Waals surface area (Å²) >= 11 is 0. The molecule has 1 unspecified atom stereocenters. The number of carbonyl (C=O) groups is 2. The normalized spacial score (nSPS) is 15.0. The molecule has 0 saturated heterocycles. The highest BCUT2D eigenvalue weighted by molar-refractivity contribution is 5.95. The van der Waals surface area contributed by atoms with Gasteiger partial charge in [-0.05, 0) is 60.7 Å². The minimum atomic E-state index is -0.223. The summed E-state index contributed by atoms with van der Waals surface area (Å²) in [4.78, 5) is 27.5. The first-order valence-electron chi connectivity index (χ1n) is 11.5. The van der Waals surface area contributed by atoms with E-state index in [-0.39, 0.29) is 24.5 Å². The molecule has 1 heterocycles. The molecule has 5 heteroatoms. The number of ether oxygens (including phenoxy) is 1. The Morgan fingerprint density at radius 2 is 1.85 bits per heavy atom. The van der Waals surface area contributed by atoms with Crippen LogP contribution in [0.15, 0.2) is 72.8 Å². The largest absolute Gasteiger partial charge is 0.484 e. The Balaban J connectivity index is 1.68. The van der Waals surface area contributed by atoms with Crippen LogP contribution in [-0.2, 0) is 11.2 Å². The summed E-state index contributed by atoms with van der Waals surface area (Å²) < 4.78 is 5.80. The molecule has 0 aliphatic carbocycles. The van der Waals surface area contributed by atoms with Crippen molar-refractivity contribution in [1.82, 2.24) is 10.2 Å². The van der Waals surface area contributed by atoms with Crippen LogP contribution in [0.25, 0.3) is 0 Å². The first-order valence-corrected chi connectivity index (χ1v) is 11.5. The quantitative estimate of drug-likeness (QED) is 0.578. The van der Waals surface area contributed by atoms with Crippen molar-refractivity contribution in [3.8, 4) is 5.75 Å². The lowest BCUT2D eigenvalue weighted by atomic mass is 9.87. The third kappa shape index (κ3) is 5.25. The molecule has 0 saturated carbocycles. The van der Waals surface area contributed by atoms with Crippen molar-refractivity contribution >= 4 is 11.8 Å². The van der Waals surface area contributed by atoms with Gasteiger partial charge in [-0.2, -0.15) is 0 Å². The predicted octanol–water partition coefficient (Wildman–Crippen LogP) is 4.69. The lowest BCUT2D eigenvalue weighted by molar-refractivity contribution is -0.123. The second-order valence-electron chi connectivity index (χ2n) is 8.43. The summed E-state index contributed by atoms with van der Waals surface area (Å²) in [5, 5.41) is 2.83. The van der Waals surface area contributed by atoms with Crippen LogP contribution in [0.5, 0.6) is 5.75 Å². The molecule has 1 aliphatic heterocycles. The molecule has 5 nitrogen and oxygen atoms in total. The molecule has 33 heavy (non-hydrogen) atoms. The zero-order chi connectivity index (χ0) is 23.2. The van der Waals surface area contributed by atoms with Gasteiger partial charge < -0.3 is 15.0 Å². The molecule has 2 amide bonds. The van der Waals surface area contributed by atoms with E-state index in [9.17, 15) is 9.59 Å². The second-order valence-corrected chi connectivity index (χ2v) is 8.43. The summed E-state index contributed by atoms with van der Waals surface area (Å²) in [6, 6.07) is 23.5. The Morgan fingerprint density at radius 3 is 2.61 bits per heavy atom. The monoisotopic (exact) mass is 442 g/mol. The van der Waals surface area contributed by atoms with Gasteiger partial charge in [0.2, 0.25) is 0 Å². The molecule has 170 valence electrons. The minimum absolute atomic E-state index is 0.0121. The van der Waals surface area contributed by atoms with E-state index in [1.54, 1.807) is 0 Å². The number of hydrogen-bond acceptors (Lipinski definition) is 3. The SMILES string of the molecule is CCCNC(=O)COc1ccc2c(c1)C(c1cccc(C)c1)N(C(=O)c1ccccc1)CC2. The first kappa shape index (κ1) is 22.6. The first-order chi connectivity index (χ1) is 16.1. The topological polar surface area (TPSA) is 58.6 Å². The van der Waals surface area contributed by atoms with Crippen LogP contribution in [0.3, 0.4) is 0 Å². The van der Waals surface area contributed by atoms with E-state index in [4.69, 9.17) is 4.74 Å². The highest BCUT2D eigenvalue weighted by Crippen LogP contribution is 2.38. The average molecular weight is 443 g/mol. The Hall–Kier alpha value is -3.60. The third-order valence-electron chi connectivity index (χ3n) is 5.93. The molecule has 0 fully saturated rings. The molecule has 0 radical (unpaired) electrons. The molecule has 0 spiro atoms. The summed E-state index contributed by atoms with van der Waals surface area (Å²) in [5.74, 6) is 0.510. The van der Waals surface area contributed by atoms with Crippen molar-refractivity contribution in [2.45, 2.75) is 32.7 Å². The molecule has 1 atom stereocenters. The van der Waals surface area contributed by atoms with Gasteiger partial charge in [-0.25, -0.2) is 0 Å². The summed E-state index contributed by atoms with van der Waals surface area (Å²) in [6.45, 7) is 5.32. The van der Waals surface area contributed by atoms with Gasteiger partial charge in [0, 0.05) is 18.7 Å². The van der Waals surface area contributed by atoms with Crippen molar-refractivity contribution < 1.29 is 14.3 Å². The summed E-state index contributed by atoms with van der Waals surface area (Å²) in [6.07, 6.45) is 1.65. The van der Waals surface area contributed by atoms with Crippen LogP contribution in [0, 0.1) is 6.92 Å². The van der Waals surface area contributed by atoms with Gasteiger partial charge in [-0.3, -0.25) is 9.59 Å². The maximum absolute atomic E-state index is 13.5. The fraction of sp³-hybridized carbons (Fsp3) is 0.286. The number of amides is 2. The number of hydrogen-bond donors (Lipinski definition) is 1. The van der Waals surface area contributed by atoms with E-state index in [1.165, 1.54) is 5.56 Å². The standard InChI is InChI=1S/C28H30N2O3/c1-3-15-29-26(31)19-33-24-13-12-21-14-16-30(28(32)22-9-5-4-6-10-22)27(25(21)18-24)23-11-7-8-20(2)17-23/h4-13,17-18,27H,3,14-16,19H2,1-2H3,(H,29,31). The molecular weight excluding hydrogens is 412 g/mol. The molecule has 0 aromatic heterocycles. The van der Waals surface area contributed by atoms with Gasteiger partial charge in [0.1, 0.15) is 5.75 Å². The minimum Gasteiger partial charge on any atom is -0.484 e. The second kappa shape index (κ2) is 10.3. The maximum Gasteiger partial charge on any atom is 0.257 e. The number of nitrogens with zero attached hydrogens (tertiary/aromatic N) is 1. The Morgan fingerprint density at radius 1 is 1.03 bits per heavy atom. The molecule has 1 aliphatic rings. The van der Waals surface area contributed by atoms with E-state index in [0.29, 0.717) is 24.4 Å². The summed E-state index contributed by atoms with van der Waals surface area (Å²) in [5.41, 5.74) is 5.13. The number of benzene rings is 3. The van der Waals surface area contributed by atoms with E-state index < -0.39 is 0 Å². The van der Waals surface area contributed by atoms with E-state index in [1.807, 2.05) is 60.4 Å². The van der Waals surface area contributed by atoms with Crippen LogP contribution < -0.4 is 10.1 Å². The smallest absolute Gasteiger partial charge is 0.257 e. The maximum atomic E-state index is 13.5. The van der Waals surface area contributed by atoms with Gasteiger partial charge in [0.25, 0.3) is 11.8 Å². The molecule has 3 aromatic carbocycles. The molecular formula is C28H30N2O3. The average Bonchev–Trinajstić information content (AvgIpc) is 2.85. The third-order valence-corrected chi connectivity index (χ3v) is 5.93. The number of rotatable bonds is 7. The fourth-order valence-electron chi connectivity index (χ4n) is 4.31. The van der Waals surface area contributed by atoms with Crippen molar-refractivity contribution in [3.63, 3.8) is 0 Å². The van der Waals surface area contributed by atoms with Crippen LogP contribution in [0.1, 0.15) is 52.0 Å². The zero-order valence-electron chi connectivity index (χ0n) is 19.2. The zero-order valence-corrected chi connectivity index (χ0v) is 19.2. The van der Waals surface area contributed by atoms with Gasteiger partial charge >= 0.3 is 0 Å². The van der Waals surface area contributed by atoms with Crippen LogP contribution in [0.4, 0.5) is 0 Å². The number of aryl methyl sites for hydroxylation is 1. The van der Waals surface area contributed by atoms with E-state index in [2.05, 4.69) is 36.5 Å². The number of fused-ring (bicyclic) bond motifs is 1. The summed E-state index contributed by atoms with van der Waals surface area (Å²) in [7, 11) is 0. The fourth-order valence-corrected chi connectivity index (χ4v) is 4.31. The lowest BCUT2D eigenvalue weighted by Gasteiger charge is -2.38. The highest BCUT2D eigenvalue weighted by atomic mass is 16.5. The van der Waals surface area contributed by atoms with Crippen LogP contribution in [-0.4, -0.2) is 36.4 Å². The van der Waals surface area contributed by atoms with Crippen molar-refractivity contribution in [2.75, 3.05) is 19.7 Å². The number of nitrogens with one attached hydrogen (secondary N) is 1. The molecule has 4 rings (SSSR count). The van der Waals surface area contributed by atoms with Gasteiger partial charge in [0.05, 0.1) is 6.04 Å². The van der Waals surface area contributed by atoms with E-state index >= 15 is 0 Å². The molecule has 1 N–H and O–H groups in total.